The van der Waals surface area contributed by atoms with Gasteiger partial charge in [-0.15, -0.1) is 0 Å². The van der Waals surface area contributed by atoms with Crippen molar-refractivity contribution in [3.63, 3.8) is 0 Å². The molecule has 0 unspecified atom stereocenters. The van der Waals surface area contributed by atoms with E-state index in [1.165, 1.54) is 0 Å². The Balaban J connectivity index is 1.60. The van der Waals surface area contributed by atoms with E-state index in [1.807, 2.05) is 37.4 Å². The summed E-state index contributed by atoms with van der Waals surface area (Å²) in [6.45, 7) is 5.54. The van der Waals surface area contributed by atoms with Crippen molar-refractivity contribution in [3.8, 4) is 0 Å². The molecule has 30 heavy (non-hydrogen) atoms. The summed E-state index contributed by atoms with van der Waals surface area (Å²) in [5.74, 6) is 1.04. The molecule has 0 fully saturated rings. The standard InChI is InChI=1S/C22H22N4O3S/c1-13-17(14(2)28-25-13)11-18-15(3)29-26-21(18)22(27)24-20(10-16-7-9-30-12-16)19-6-4-5-8-23-19/h4-9,12,20H,10-11H2,1-3H3,(H,24,27)/t20-/m1/s1. The highest BCUT2D eigenvalue weighted by atomic mass is 32.1. The van der Waals surface area contributed by atoms with Crippen molar-refractivity contribution in [3.05, 3.63) is 86.5 Å². The van der Waals surface area contributed by atoms with Crippen LogP contribution in [-0.2, 0) is 12.8 Å². The van der Waals surface area contributed by atoms with Crippen LogP contribution >= 0.6 is 11.3 Å². The summed E-state index contributed by atoms with van der Waals surface area (Å²) in [6.07, 6.45) is 2.84. The maximum absolute atomic E-state index is 13.2. The second-order valence-electron chi connectivity index (χ2n) is 7.16. The van der Waals surface area contributed by atoms with E-state index in [9.17, 15) is 4.79 Å². The number of carbonyl (C=O) groups is 1. The number of aromatic nitrogens is 3. The van der Waals surface area contributed by atoms with Crippen LogP contribution in [0.5, 0.6) is 0 Å². The van der Waals surface area contributed by atoms with Gasteiger partial charge in [-0.1, -0.05) is 16.4 Å². The highest BCUT2D eigenvalue weighted by Gasteiger charge is 2.25. The number of hydrogen-bond donors (Lipinski definition) is 1. The first-order chi connectivity index (χ1) is 14.5. The first kappa shape index (κ1) is 20.0. The van der Waals surface area contributed by atoms with Gasteiger partial charge in [0.2, 0.25) is 0 Å². The van der Waals surface area contributed by atoms with Crippen LogP contribution in [0.2, 0.25) is 0 Å². The van der Waals surface area contributed by atoms with Crippen LogP contribution in [0.25, 0.3) is 0 Å². The van der Waals surface area contributed by atoms with Crippen molar-refractivity contribution in [2.24, 2.45) is 0 Å². The van der Waals surface area contributed by atoms with Gasteiger partial charge in [0.25, 0.3) is 5.91 Å². The molecular formula is C22H22N4O3S. The highest BCUT2D eigenvalue weighted by molar-refractivity contribution is 7.07. The lowest BCUT2D eigenvalue weighted by atomic mass is 10.0. The van der Waals surface area contributed by atoms with E-state index < -0.39 is 0 Å². The summed E-state index contributed by atoms with van der Waals surface area (Å²) < 4.78 is 10.6. The van der Waals surface area contributed by atoms with Gasteiger partial charge < -0.3 is 14.4 Å². The summed E-state index contributed by atoms with van der Waals surface area (Å²) in [6, 6.07) is 7.46. The van der Waals surface area contributed by atoms with Crippen molar-refractivity contribution in [1.29, 1.82) is 0 Å². The molecule has 0 aliphatic rings. The fourth-order valence-corrected chi connectivity index (χ4v) is 4.07. The van der Waals surface area contributed by atoms with Crippen LogP contribution in [0.1, 0.15) is 56.1 Å². The molecule has 8 heteroatoms. The molecule has 4 heterocycles. The van der Waals surface area contributed by atoms with Crippen LogP contribution in [0.4, 0.5) is 0 Å². The molecule has 0 aliphatic heterocycles. The molecule has 0 saturated carbocycles. The number of rotatable bonds is 7. The Hall–Kier alpha value is -3.26. The van der Waals surface area contributed by atoms with Crippen molar-refractivity contribution in [2.45, 2.75) is 39.7 Å². The van der Waals surface area contributed by atoms with E-state index in [2.05, 4.69) is 32.1 Å². The van der Waals surface area contributed by atoms with Crippen LogP contribution in [-0.4, -0.2) is 21.2 Å². The zero-order valence-electron chi connectivity index (χ0n) is 17.0. The molecule has 1 amide bonds. The van der Waals surface area contributed by atoms with E-state index in [0.717, 1.165) is 33.8 Å². The average Bonchev–Trinajstić information content (AvgIpc) is 3.46. The normalized spacial score (nSPS) is 12.1. The van der Waals surface area contributed by atoms with Crippen molar-refractivity contribution in [1.82, 2.24) is 20.6 Å². The van der Waals surface area contributed by atoms with E-state index in [1.54, 1.807) is 24.5 Å². The zero-order valence-corrected chi connectivity index (χ0v) is 17.8. The Morgan fingerprint density at radius 3 is 2.57 bits per heavy atom. The van der Waals surface area contributed by atoms with Gasteiger partial charge in [0.15, 0.2) is 5.69 Å². The van der Waals surface area contributed by atoms with Gasteiger partial charge >= 0.3 is 0 Å². The summed E-state index contributed by atoms with van der Waals surface area (Å²) >= 11 is 1.63. The number of carbonyl (C=O) groups excluding carboxylic acids is 1. The molecule has 4 aromatic rings. The molecule has 1 atom stereocenters. The molecule has 0 saturated heterocycles. The number of thiophene rings is 1. The molecule has 0 radical (unpaired) electrons. The van der Waals surface area contributed by atoms with Gasteiger partial charge in [-0.05, 0) is 61.7 Å². The zero-order chi connectivity index (χ0) is 21.1. The molecule has 154 valence electrons. The van der Waals surface area contributed by atoms with Gasteiger partial charge in [-0.25, -0.2) is 0 Å². The number of amides is 1. The number of pyridine rings is 1. The fraction of sp³-hybridized carbons (Fsp3) is 0.273. The van der Waals surface area contributed by atoms with E-state index in [0.29, 0.717) is 18.6 Å². The summed E-state index contributed by atoms with van der Waals surface area (Å²) in [4.78, 5) is 17.6. The molecule has 1 N–H and O–H groups in total. The van der Waals surface area contributed by atoms with Crippen molar-refractivity contribution in [2.75, 3.05) is 0 Å². The number of aryl methyl sites for hydroxylation is 3. The van der Waals surface area contributed by atoms with Crippen LogP contribution in [0, 0.1) is 20.8 Å². The van der Waals surface area contributed by atoms with Gasteiger partial charge in [0.05, 0.1) is 17.4 Å². The minimum Gasteiger partial charge on any atom is -0.361 e. The van der Waals surface area contributed by atoms with E-state index >= 15 is 0 Å². The van der Waals surface area contributed by atoms with Crippen molar-refractivity contribution < 1.29 is 13.8 Å². The molecule has 0 spiro atoms. The lowest BCUT2D eigenvalue weighted by Crippen LogP contribution is -2.31. The number of nitrogens with one attached hydrogen (secondary N) is 1. The largest absolute Gasteiger partial charge is 0.361 e. The molecular weight excluding hydrogens is 400 g/mol. The number of hydrogen-bond acceptors (Lipinski definition) is 7. The van der Waals surface area contributed by atoms with Crippen LogP contribution in [0.3, 0.4) is 0 Å². The minimum atomic E-state index is -0.292. The summed E-state index contributed by atoms with van der Waals surface area (Å²) in [7, 11) is 0. The van der Waals surface area contributed by atoms with Gasteiger partial charge in [0.1, 0.15) is 11.5 Å². The number of nitrogens with zero attached hydrogens (tertiary/aromatic N) is 3. The first-order valence-corrected chi connectivity index (χ1v) is 10.6. The van der Waals surface area contributed by atoms with E-state index in [-0.39, 0.29) is 17.6 Å². The Bertz CT molecular complexity index is 1110. The predicted octanol–water partition coefficient (Wildman–Crippen LogP) is 4.35. The van der Waals surface area contributed by atoms with Crippen LogP contribution in [0.15, 0.2) is 50.3 Å². The minimum absolute atomic E-state index is 0.277. The van der Waals surface area contributed by atoms with Gasteiger partial charge in [-0.2, -0.15) is 11.3 Å². The molecule has 7 nitrogen and oxygen atoms in total. The maximum Gasteiger partial charge on any atom is 0.274 e. The van der Waals surface area contributed by atoms with E-state index in [4.69, 9.17) is 9.05 Å². The fourth-order valence-electron chi connectivity index (χ4n) is 3.39. The highest BCUT2D eigenvalue weighted by Crippen LogP contribution is 2.24. The quantitative estimate of drug-likeness (QED) is 0.476. The predicted molar refractivity (Wildman–Crippen MR) is 112 cm³/mol. The SMILES string of the molecule is Cc1noc(C)c1Cc1c(C(=O)N[C@H](Cc2ccsc2)c2ccccn2)noc1C. The molecule has 0 aliphatic carbocycles. The third kappa shape index (κ3) is 4.18. The van der Waals surface area contributed by atoms with Gasteiger partial charge in [-0.3, -0.25) is 9.78 Å². The molecule has 4 aromatic heterocycles. The van der Waals surface area contributed by atoms with Crippen molar-refractivity contribution >= 4 is 17.2 Å². The molecule has 0 bridgehead atoms. The first-order valence-electron chi connectivity index (χ1n) is 9.62. The smallest absolute Gasteiger partial charge is 0.274 e. The summed E-state index contributed by atoms with van der Waals surface area (Å²) in [5.41, 5.74) is 4.68. The Labute approximate surface area is 178 Å². The Morgan fingerprint density at radius 2 is 1.90 bits per heavy atom. The van der Waals surface area contributed by atoms with Crippen LogP contribution < -0.4 is 5.32 Å². The topological polar surface area (TPSA) is 94.1 Å². The Morgan fingerprint density at radius 1 is 1.10 bits per heavy atom. The second kappa shape index (κ2) is 8.62. The molecule has 4 rings (SSSR count). The monoisotopic (exact) mass is 422 g/mol. The lowest BCUT2D eigenvalue weighted by Gasteiger charge is -2.17. The van der Waals surface area contributed by atoms with Gasteiger partial charge in [0, 0.05) is 23.7 Å². The maximum atomic E-state index is 13.2. The molecule has 0 aromatic carbocycles. The third-order valence-corrected chi connectivity index (χ3v) is 5.84. The third-order valence-electron chi connectivity index (χ3n) is 5.10. The Kier molecular flexibility index (Phi) is 5.76. The average molecular weight is 423 g/mol. The lowest BCUT2D eigenvalue weighted by molar-refractivity contribution is 0.0925. The second-order valence-corrected chi connectivity index (χ2v) is 7.94. The summed E-state index contributed by atoms with van der Waals surface area (Å²) in [5, 5.41) is 15.2.